The lowest BCUT2D eigenvalue weighted by atomic mass is 9.79. The van der Waals surface area contributed by atoms with Crippen molar-refractivity contribution in [2.75, 3.05) is 0 Å². The number of nitrogens with two attached hydrogens (primary N) is 1. The van der Waals surface area contributed by atoms with Gasteiger partial charge in [-0.15, -0.1) is 0 Å². The molecule has 25 heavy (non-hydrogen) atoms. The number of alkyl halides is 2. The van der Waals surface area contributed by atoms with Gasteiger partial charge in [0.2, 0.25) is 11.8 Å². The number of nitrogens with zero attached hydrogens (tertiary/aromatic N) is 4. The van der Waals surface area contributed by atoms with Crippen LogP contribution in [0.15, 0.2) is 18.5 Å². The van der Waals surface area contributed by atoms with Gasteiger partial charge < -0.3 is 11.1 Å². The Kier molecular flexibility index (Phi) is 4.63. The van der Waals surface area contributed by atoms with Crippen LogP contribution in [0.5, 0.6) is 0 Å². The highest BCUT2D eigenvalue weighted by Crippen LogP contribution is 2.44. The van der Waals surface area contributed by atoms with Gasteiger partial charge in [-0.25, -0.2) is 18.3 Å². The van der Waals surface area contributed by atoms with Crippen molar-refractivity contribution in [3.8, 4) is 6.07 Å². The van der Waals surface area contributed by atoms with Gasteiger partial charge in [-0.1, -0.05) is 0 Å². The molecule has 1 aliphatic rings. The van der Waals surface area contributed by atoms with E-state index in [9.17, 15) is 13.6 Å². The van der Waals surface area contributed by atoms with Crippen LogP contribution in [-0.4, -0.2) is 26.4 Å². The molecule has 0 spiro atoms. The van der Waals surface area contributed by atoms with E-state index in [-0.39, 0.29) is 44.1 Å². The summed E-state index contributed by atoms with van der Waals surface area (Å²) in [5.74, 6) is -3.29. The Bertz CT molecular complexity index is 820. The molecule has 3 N–H and O–H groups in total. The number of fused-ring (bicyclic) bond motifs is 1. The molecule has 9 heteroatoms. The first-order valence-electron chi connectivity index (χ1n) is 7.98. The van der Waals surface area contributed by atoms with Crippen LogP contribution in [0.25, 0.3) is 5.65 Å². The molecule has 1 aliphatic carbocycles. The molecule has 7 nitrogen and oxygen atoms in total. The molecule has 1 atom stereocenters. The zero-order valence-electron chi connectivity index (χ0n) is 13.5. The largest absolute Gasteiger partial charge is 0.348 e. The highest BCUT2D eigenvalue weighted by atomic mass is 19.3. The molecule has 1 saturated carbocycles. The van der Waals surface area contributed by atoms with Gasteiger partial charge in [-0.3, -0.25) is 4.79 Å². The molecule has 0 aromatic carbocycles. The second kappa shape index (κ2) is 6.72. The van der Waals surface area contributed by atoms with Crippen LogP contribution in [0.2, 0.25) is 0 Å². The number of hydrogen-bond acceptors (Lipinski definition) is 5. The molecular formula is C16H18F2N6O. The number of halogens is 2. The van der Waals surface area contributed by atoms with Gasteiger partial charge in [0.05, 0.1) is 36.6 Å². The Morgan fingerprint density at radius 2 is 2.32 bits per heavy atom. The Morgan fingerprint density at radius 3 is 2.96 bits per heavy atom. The summed E-state index contributed by atoms with van der Waals surface area (Å²) in [5, 5.41) is 16.0. The first kappa shape index (κ1) is 17.2. The molecule has 1 fully saturated rings. The lowest BCUT2D eigenvalue weighted by molar-refractivity contribution is -0.134. The van der Waals surface area contributed by atoms with Gasteiger partial charge in [0.1, 0.15) is 0 Å². The van der Waals surface area contributed by atoms with E-state index < -0.39 is 12.0 Å². The lowest BCUT2D eigenvalue weighted by Crippen LogP contribution is -2.39. The number of aromatic nitrogens is 3. The number of nitriles is 1. The number of hydrogen-bond donors (Lipinski definition) is 2. The van der Waals surface area contributed by atoms with E-state index in [1.54, 1.807) is 23.0 Å². The third kappa shape index (κ3) is 3.91. The van der Waals surface area contributed by atoms with Crippen molar-refractivity contribution in [3.63, 3.8) is 0 Å². The van der Waals surface area contributed by atoms with E-state index in [0.29, 0.717) is 16.9 Å². The SMILES string of the molecule is N#CCC(NC(=O)CC1CC(F)(F)C1)c1cnn2cc(CN)nc2c1. The van der Waals surface area contributed by atoms with Crippen LogP contribution in [0.1, 0.15) is 43.0 Å². The van der Waals surface area contributed by atoms with Crippen molar-refractivity contribution in [1.82, 2.24) is 19.9 Å². The van der Waals surface area contributed by atoms with Gasteiger partial charge in [0.15, 0.2) is 5.65 Å². The molecule has 0 radical (unpaired) electrons. The summed E-state index contributed by atoms with van der Waals surface area (Å²) >= 11 is 0. The smallest absolute Gasteiger partial charge is 0.248 e. The molecule has 3 rings (SSSR count). The Hall–Kier alpha value is -2.60. The number of nitrogens with one attached hydrogen (secondary N) is 1. The molecule has 2 aromatic rings. The average molecular weight is 348 g/mol. The second-order valence-electron chi connectivity index (χ2n) is 6.34. The third-order valence-electron chi connectivity index (χ3n) is 4.28. The Balaban J connectivity index is 1.70. The maximum Gasteiger partial charge on any atom is 0.248 e. The number of rotatable bonds is 6. The topological polar surface area (TPSA) is 109 Å². The standard InChI is InChI=1S/C16H18F2N6O/c17-16(18)5-10(6-16)3-15(25)23-13(1-2-19)11-4-14-22-12(7-20)9-24(14)21-8-11/h4,8-10,13H,1,3,5-7,20H2,(H,23,25). The molecule has 0 saturated heterocycles. The van der Waals surface area contributed by atoms with E-state index in [1.807, 2.05) is 6.07 Å². The number of amides is 1. The van der Waals surface area contributed by atoms with Crippen molar-refractivity contribution in [2.24, 2.45) is 11.7 Å². The van der Waals surface area contributed by atoms with E-state index in [4.69, 9.17) is 11.0 Å². The lowest BCUT2D eigenvalue weighted by Gasteiger charge is -2.34. The zero-order chi connectivity index (χ0) is 18.0. The molecule has 0 aliphatic heterocycles. The van der Waals surface area contributed by atoms with Crippen molar-refractivity contribution >= 4 is 11.6 Å². The molecule has 2 heterocycles. The highest BCUT2D eigenvalue weighted by Gasteiger charge is 2.45. The first-order valence-corrected chi connectivity index (χ1v) is 7.98. The number of imidazole rings is 1. The normalized spacial score (nSPS) is 17.7. The minimum atomic E-state index is -2.65. The molecule has 1 unspecified atom stereocenters. The molecule has 2 aromatic heterocycles. The van der Waals surface area contributed by atoms with Crippen molar-refractivity contribution in [2.45, 2.75) is 44.2 Å². The first-order chi connectivity index (χ1) is 11.9. The minimum absolute atomic E-state index is 0.0356. The predicted molar refractivity (Wildman–Crippen MR) is 84.3 cm³/mol. The summed E-state index contributed by atoms with van der Waals surface area (Å²) in [6, 6.07) is 3.19. The molecule has 0 bridgehead atoms. The minimum Gasteiger partial charge on any atom is -0.348 e. The summed E-state index contributed by atoms with van der Waals surface area (Å²) in [6.07, 6.45) is 2.82. The summed E-state index contributed by atoms with van der Waals surface area (Å²) < 4.78 is 27.3. The van der Waals surface area contributed by atoms with Gasteiger partial charge in [0.25, 0.3) is 0 Å². The maximum absolute atomic E-state index is 12.9. The van der Waals surface area contributed by atoms with Crippen molar-refractivity contribution in [1.29, 1.82) is 5.26 Å². The summed E-state index contributed by atoms with van der Waals surface area (Å²) in [7, 11) is 0. The van der Waals surface area contributed by atoms with Crippen molar-refractivity contribution in [3.05, 3.63) is 29.7 Å². The molecule has 132 valence electrons. The van der Waals surface area contributed by atoms with Gasteiger partial charge in [0, 0.05) is 25.8 Å². The number of carbonyl (C=O) groups excluding carboxylic acids is 1. The quantitative estimate of drug-likeness (QED) is 0.826. The maximum atomic E-state index is 12.9. The van der Waals surface area contributed by atoms with Crippen LogP contribution in [0.4, 0.5) is 8.78 Å². The van der Waals surface area contributed by atoms with Crippen LogP contribution in [-0.2, 0) is 11.3 Å². The van der Waals surface area contributed by atoms with E-state index in [0.717, 1.165) is 0 Å². The fraction of sp³-hybridized carbons (Fsp3) is 0.500. The predicted octanol–water partition coefficient (Wildman–Crippen LogP) is 1.69. The Labute approximate surface area is 142 Å². The second-order valence-corrected chi connectivity index (χ2v) is 6.34. The average Bonchev–Trinajstić information content (AvgIpc) is 2.94. The fourth-order valence-corrected chi connectivity index (χ4v) is 3.02. The van der Waals surface area contributed by atoms with E-state index in [1.165, 1.54) is 0 Å². The van der Waals surface area contributed by atoms with E-state index >= 15 is 0 Å². The molecule has 1 amide bonds. The van der Waals surface area contributed by atoms with E-state index in [2.05, 4.69) is 15.4 Å². The summed E-state index contributed by atoms with van der Waals surface area (Å²) in [6.45, 7) is 0.281. The van der Waals surface area contributed by atoms with Crippen LogP contribution in [0, 0.1) is 17.2 Å². The van der Waals surface area contributed by atoms with Crippen LogP contribution in [0.3, 0.4) is 0 Å². The zero-order valence-corrected chi connectivity index (χ0v) is 13.5. The van der Waals surface area contributed by atoms with Crippen molar-refractivity contribution < 1.29 is 13.6 Å². The van der Waals surface area contributed by atoms with Crippen LogP contribution >= 0.6 is 0 Å². The van der Waals surface area contributed by atoms with Gasteiger partial charge >= 0.3 is 0 Å². The molecular weight excluding hydrogens is 330 g/mol. The van der Waals surface area contributed by atoms with Gasteiger partial charge in [-0.2, -0.15) is 10.4 Å². The monoisotopic (exact) mass is 348 g/mol. The summed E-state index contributed by atoms with van der Waals surface area (Å²) in [5.41, 5.74) is 7.43. The highest BCUT2D eigenvalue weighted by molar-refractivity contribution is 5.77. The Morgan fingerprint density at radius 1 is 1.56 bits per heavy atom. The van der Waals surface area contributed by atoms with Gasteiger partial charge in [-0.05, 0) is 17.5 Å². The summed E-state index contributed by atoms with van der Waals surface area (Å²) in [4.78, 5) is 16.4. The van der Waals surface area contributed by atoms with Crippen LogP contribution < -0.4 is 11.1 Å². The fourth-order valence-electron chi connectivity index (χ4n) is 3.02. The number of carbonyl (C=O) groups is 1. The third-order valence-corrected chi connectivity index (χ3v) is 4.28.